The minimum atomic E-state index is -3.54. The number of aromatic nitrogens is 3. The van der Waals surface area contributed by atoms with Crippen LogP contribution in [-0.4, -0.2) is 36.8 Å². The van der Waals surface area contributed by atoms with Gasteiger partial charge < -0.3 is 5.32 Å². The van der Waals surface area contributed by atoms with E-state index in [1.807, 2.05) is 13.1 Å². The van der Waals surface area contributed by atoms with E-state index in [0.717, 1.165) is 18.5 Å². The second-order valence-corrected chi connectivity index (χ2v) is 6.35. The van der Waals surface area contributed by atoms with Gasteiger partial charge in [-0.2, -0.15) is 5.10 Å². The lowest BCUT2D eigenvalue weighted by Crippen LogP contribution is -2.23. The van der Waals surface area contributed by atoms with E-state index in [4.69, 9.17) is 0 Å². The summed E-state index contributed by atoms with van der Waals surface area (Å²) in [6.07, 6.45) is 7.07. The normalized spacial score (nSPS) is 11.7. The van der Waals surface area contributed by atoms with Crippen LogP contribution in [0.1, 0.15) is 12.0 Å². The maximum Gasteiger partial charge on any atom is 0.243 e. The van der Waals surface area contributed by atoms with Gasteiger partial charge >= 0.3 is 0 Å². The van der Waals surface area contributed by atoms with E-state index in [9.17, 15) is 8.42 Å². The van der Waals surface area contributed by atoms with Gasteiger partial charge in [-0.3, -0.25) is 9.67 Å². The highest BCUT2D eigenvalue weighted by molar-refractivity contribution is 7.89. The summed E-state index contributed by atoms with van der Waals surface area (Å²) in [7, 11) is -1.67. The van der Waals surface area contributed by atoms with Crippen molar-refractivity contribution >= 4 is 10.0 Å². The van der Waals surface area contributed by atoms with Crippen molar-refractivity contribution in [2.24, 2.45) is 0 Å². The summed E-state index contributed by atoms with van der Waals surface area (Å²) in [4.78, 5) is 4.12. The predicted octanol–water partition coefficient (Wildman–Crippen LogP) is 0.366. The third kappa shape index (κ3) is 4.62. The Morgan fingerprint density at radius 1 is 1.33 bits per heavy atom. The Morgan fingerprint density at radius 2 is 2.19 bits per heavy atom. The first kappa shape index (κ1) is 15.6. The molecule has 2 aromatic heterocycles. The van der Waals surface area contributed by atoms with Gasteiger partial charge in [0.05, 0.1) is 6.20 Å². The van der Waals surface area contributed by atoms with Crippen LogP contribution in [0, 0.1) is 0 Å². The monoisotopic (exact) mass is 309 g/mol. The molecule has 0 bridgehead atoms. The van der Waals surface area contributed by atoms with Gasteiger partial charge in [0, 0.05) is 31.7 Å². The Hall–Kier alpha value is -1.77. The second-order valence-electron chi connectivity index (χ2n) is 4.58. The van der Waals surface area contributed by atoms with Crippen LogP contribution >= 0.6 is 0 Å². The first-order valence-electron chi connectivity index (χ1n) is 6.67. The fourth-order valence-corrected chi connectivity index (χ4v) is 2.76. The molecule has 2 heterocycles. The van der Waals surface area contributed by atoms with Crippen LogP contribution < -0.4 is 10.0 Å². The summed E-state index contributed by atoms with van der Waals surface area (Å²) in [6, 6.07) is 3.58. The van der Waals surface area contributed by atoms with E-state index in [1.165, 1.54) is 6.20 Å². The fourth-order valence-electron chi connectivity index (χ4n) is 1.79. The number of sulfonamides is 1. The highest BCUT2D eigenvalue weighted by atomic mass is 32.2. The molecule has 21 heavy (non-hydrogen) atoms. The third-order valence-corrected chi connectivity index (χ3v) is 4.28. The molecule has 0 atom stereocenters. The first-order chi connectivity index (χ1) is 10.1. The zero-order valence-electron chi connectivity index (χ0n) is 11.9. The molecule has 2 N–H and O–H groups in total. The molecule has 0 aromatic carbocycles. The van der Waals surface area contributed by atoms with Crippen molar-refractivity contribution < 1.29 is 8.42 Å². The molecule has 0 unspecified atom stereocenters. The van der Waals surface area contributed by atoms with Crippen molar-refractivity contribution in [2.75, 3.05) is 13.6 Å². The van der Waals surface area contributed by atoms with Crippen LogP contribution in [0.2, 0.25) is 0 Å². The van der Waals surface area contributed by atoms with Crippen LogP contribution in [0.4, 0.5) is 0 Å². The van der Waals surface area contributed by atoms with E-state index in [2.05, 4.69) is 20.1 Å². The Kier molecular flexibility index (Phi) is 5.43. The number of pyridine rings is 1. The molecule has 0 saturated heterocycles. The van der Waals surface area contributed by atoms with Gasteiger partial charge in [0.1, 0.15) is 4.90 Å². The average molecular weight is 309 g/mol. The second kappa shape index (κ2) is 7.30. The Morgan fingerprint density at radius 3 is 2.90 bits per heavy atom. The maximum absolute atomic E-state index is 12.2. The van der Waals surface area contributed by atoms with Crippen LogP contribution in [0.3, 0.4) is 0 Å². The number of hydrogen-bond acceptors (Lipinski definition) is 5. The number of nitrogens with one attached hydrogen (secondary N) is 2. The molecule has 114 valence electrons. The highest BCUT2D eigenvalue weighted by Gasteiger charge is 2.16. The summed E-state index contributed by atoms with van der Waals surface area (Å²) in [6.45, 7) is 1.75. The van der Waals surface area contributed by atoms with Gasteiger partial charge in [-0.1, -0.05) is 6.07 Å². The Bertz CT molecular complexity index is 654. The minimum Gasteiger partial charge on any atom is -0.320 e. The van der Waals surface area contributed by atoms with Gasteiger partial charge in [-0.15, -0.1) is 0 Å². The standard InChI is InChI=1S/C13H19N5O2S/c1-14-5-3-7-18-11-13(10-16-18)21(19,20)17-9-12-4-2-6-15-8-12/h2,4,6,8,10-11,14,17H,3,5,7,9H2,1H3. The molecule has 0 saturated carbocycles. The molecule has 0 aliphatic carbocycles. The summed E-state index contributed by atoms with van der Waals surface area (Å²) < 4.78 is 28.5. The number of aryl methyl sites for hydroxylation is 1. The number of rotatable bonds is 8. The lowest BCUT2D eigenvalue weighted by molar-refractivity contribution is 0.560. The third-order valence-electron chi connectivity index (χ3n) is 2.92. The van der Waals surface area contributed by atoms with E-state index >= 15 is 0 Å². The van der Waals surface area contributed by atoms with Crippen molar-refractivity contribution in [3.63, 3.8) is 0 Å². The average Bonchev–Trinajstić information content (AvgIpc) is 2.96. The van der Waals surface area contributed by atoms with Gasteiger partial charge in [-0.25, -0.2) is 13.1 Å². The lowest BCUT2D eigenvalue weighted by Gasteiger charge is -2.04. The van der Waals surface area contributed by atoms with Crippen molar-refractivity contribution in [1.29, 1.82) is 0 Å². The summed E-state index contributed by atoms with van der Waals surface area (Å²) >= 11 is 0. The predicted molar refractivity (Wildman–Crippen MR) is 79.0 cm³/mol. The van der Waals surface area contributed by atoms with Crippen molar-refractivity contribution in [2.45, 2.75) is 24.4 Å². The highest BCUT2D eigenvalue weighted by Crippen LogP contribution is 2.08. The van der Waals surface area contributed by atoms with Gasteiger partial charge in [-0.05, 0) is 31.6 Å². The van der Waals surface area contributed by atoms with Gasteiger partial charge in [0.2, 0.25) is 10.0 Å². The first-order valence-corrected chi connectivity index (χ1v) is 8.16. The molecule has 0 spiro atoms. The molecule has 0 fully saturated rings. The zero-order chi connectivity index (χ0) is 15.1. The van der Waals surface area contributed by atoms with E-state index in [0.29, 0.717) is 6.54 Å². The SMILES string of the molecule is CNCCCn1cc(S(=O)(=O)NCc2cccnc2)cn1. The number of nitrogens with zero attached hydrogens (tertiary/aromatic N) is 3. The molecule has 0 aliphatic rings. The van der Waals surface area contributed by atoms with E-state index in [1.54, 1.807) is 29.3 Å². The topological polar surface area (TPSA) is 88.9 Å². The van der Waals surface area contributed by atoms with E-state index in [-0.39, 0.29) is 11.4 Å². The molecule has 7 nitrogen and oxygen atoms in total. The van der Waals surface area contributed by atoms with Gasteiger partial charge in [0.25, 0.3) is 0 Å². The quantitative estimate of drug-likeness (QED) is 0.688. The van der Waals surface area contributed by atoms with E-state index < -0.39 is 10.0 Å². The van der Waals surface area contributed by atoms with Crippen molar-refractivity contribution in [3.8, 4) is 0 Å². The molecule has 2 rings (SSSR count). The molecule has 0 amide bonds. The molecule has 0 aliphatic heterocycles. The van der Waals surface area contributed by atoms with Gasteiger partial charge in [0.15, 0.2) is 0 Å². The van der Waals surface area contributed by atoms with Crippen LogP contribution in [-0.2, 0) is 23.1 Å². The molecule has 2 aromatic rings. The zero-order valence-corrected chi connectivity index (χ0v) is 12.7. The molecule has 0 radical (unpaired) electrons. The van der Waals surface area contributed by atoms with Crippen LogP contribution in [0.5, 0.6) is 0 Å². The summed E-state index contributed by atoms with van der Waals surface area (Å²) in [5, 5.41) is 7.10. The molecular formula is C13H19N5O2S. The Labute approximate surface area is 124 Å². The molecule has 8 heteroatoms. The smallest absolute Gasteiger partial charge is 0.243 e. The molecular weight excluding hydrogens is 290 g/mol. The largest absolute Gasteiger partial charge is 0.320 e. The van der Waals surface area contributed by atoms with Crippen LogP contribution in [0.25, 0.3) is 0 Å². The summed E-state index contributed by atoms with van der Waals surface area (Å²) in [5.74, 6) is 0. The maximum atomic E-state index is 12.2. The van der Waals surface area contributed by atoms with Crippen LogP contribution in [0.15, 0.2) is 41.8 Å². The van der Waals surface area contributed by atoms with Crippen molar-refractivity contribution in [1.82, 2.24) is 24.8 Å². The Balaban J connectivity index is 1.96. The van der Waals surface area contributed by atoms with Crippen molar-refractivity contribution in [3.05, 3.63) is 42.5 Å². The number of hydrogen-bond donors (Lipinski definition) is 2. The summed E-state index contributed by atoms with van der Waals surface area (Å²) in [5.41, 5.74) is 0.808. The lowest BCUT2D eigenvalue weighted by atomic mass is 10.3. The minimum absolute atomic E-state index is 0.177. The fraction of sp³-hybridized carbons (Fsp3) is 0.385.